The van der Waals surface area contributed by atoms with Crippen LogP contribution in [0.1, 0.15) is 18.9 Å². The largest absolute Gasteiger partial charge is 0.396 e. The zero-order valence-corrected chi connectivity index (χ0v) is 13.5. The van der Waals surface area contributed by atoms with E-state index < -0.39 is 6.10 Å². The van der Waals surface area contributed by atoms with Gasteiger partial charge in [-0.15, -0.1) is 0 Å². The molecule has 0 amide bonds. The molecule has 1 fully saturated rings. The number of fused-ring (bicyclic) bond motifs is 1. The first-order chi connectivity index (χ1) is 9.51. The summed E-state index contributed by atoms with van der Waals surface area (Å²) in [7, 11) is 0. The van der Waals surface area contributed by atoms with Crippen LogP contribution in [0.4, 0.5) is 0 Å². The van der Waals surface area contributed by atoms with Crippen LogP contribution in [-0.4, -0.2) is 32.5 Å². The zero-order valence-electron chi connectivity index (χ0n) is 10.4. The van der Waals surface area contributed by atoms with Crippen LogP contribution in [0.25, 0.3) is 11.0 Å². The standard InChI is InChI=1S/C13H13BrCl2N2O2/c14-13-17-9-3-7(15)8(16)4-10(9)18(13)11-1-6(5-19)2-12(11)20/h3-4,6,11-12,19-20H,1-2,5H2/t6-,11+,12+/m0/s1. The van der Waals surface area contributed by atoms with Crippen molar-refractivity contribution in [3.05, 3.63) is 26.9 Å². The van der Waals surface area contributed by atoms with Crippen LogP contribution in [0.15, 0.2) is 16.9 Å². The van der Waals surface area contributed by atoms with Crippen molar-refractivity contribution in [2.75, 3.05) is 6.61 Å². The highest BCUT2D eigenvalue weighted by molar-refractivity contribution is 9.10. The van der Waals surface area contributed by atoms with Crippen molar-refractivity contribution in [1.82, 2.24) is 9.55 Å². The number of imidazole rings is 1. The second-order valence-corrected chi connectivity index (χ2v) is 6.68. The molecule has 1 heterocycles. The lowest BCUT2D eigenvalue weighted by molar-refractivity contribution is 0.132. The van der Waals surface area contributed by atoms with Crippen molar-refractivity contribution >= 4 is 50.2 Å². The van der Waals surface area contributed by atoms with Crippen LogP contribution in [0.2, 0.25) is 10.0 Å². The van der Waals surface area contributed by atoms with Gasteiger partial charge in [0.2, 0.25) is 0 Å². The molecule has 108 valence electrons. The van der Waals surface area contributed by atoms with E-state index in [2.05, 4.69) is 20.9 Å². The summed E-state index contributed by atoms with van der Waals surface area (Å²) in [6.07, 6.45) is 0.798. The Morgan fingerprint density at radius 2 is 2.00 bits per heavy atom. The van der Waals surface area contributed by atoms with Gasteiger partial charge in [0.15, 0.2) is 4.73 Å². The van der Waals surface area contributed by atoms with Gasteiger partial charge in [-0.3, -0.25) is 0 Å². The summed E-state index contributed by atoms with van der Waals surface area (Å²) in [5.74, 6) is 0.113. The predicted molar refractivity (Wildman–Crippen MR) is 82.3 cm³/mol. The van der Waals surface area contributed by atoms with E-state index in [1.807, 2.05) is 4.57 Å². The van der Waals surface area contributed by atoms with E-state index in [-0.39, 0.29) is 18.6 Å². The van der Waals surface area contributed by atoms with Gasteiger partial charge in [0.1, 0.15) is 0 Å². The molecule has 0 radical (unpaired) electrons. The SMILES string of the molecule is OC[C@@H]1C[C@@H](O)[C@H](n2c(Br)nc3cc(Cl)c(Cl)cc32)C1. The smallest absolute Gasteiger partial charge is 0.178 e. The van der Waals surface area contributed by atoms with E-state index in [4.69, 9.17) is 23.2 Å². The molecule has 1 aliphatic rings. The highest BCUT2D eigenvalue weighted by Gasteiger charge is 2.35. The molecule has 0 bridgehead atoms. The molecule has 2 N–H and O–H groups in total. The Morgan fingerprint density at radius 3 is 2.65 bits per heavy atom. The number of aliphatic hydroxyl groups excluding tert-OH is 2. The van der Waals surface area contributed by atoms with Crippen LogP contribution in [0.3, 0.4) is 0 Å². The van der Waals surface area contributed by atoms with E-state index >= 15 is 0 Å². The van der Waals surface area contributed by atoms with Crippen LogP contribution >= 0.6 is 39.1 Å². The fraction of sp³-hybridized carbons (Fsp3) is 0.462. The lowest BCUT2D eigenvalue weighted by atomic mass is 10.1. The first-order valence-corrected chi connectivity index (χ1v) is 7.87. The van der Waals surface area contributed by atoms with Crippen LogP contribution < -0.4 is 0 Å². The third-order valence-electron chi connectivity index (χ3n) is 3.87. The molecule has 7 heteroatoms. The van der Waals surface area contributed by atoms with Gasteiger partial charge in [0.05, 0.1) is 33.2 Å². The minimum Gasteiger partial charge on any atom is -0.396 e. The predicted octanol–water partition coefficient (Wildman–Crippen LogP) is 3.41. The van der Waals surface area contributed by atoms with E-state index in [0.717, 1.165) is 11.0 Å². The topological polar surface area (TPSA) is 58.3 Å². The molecule has 3 atom stereocenters. The lowest BCUT2D eigenvalue weighted by Gasteiger charge is -2.18. The Bertz CT molecular complexity index is 661. The van der Waals surface area contributed by atoms with Crippen LogP contribution in [0.5, 0.6) is 0 Å². The highest BCUT2D eigenvalue weighted by atomic mass is 79.9. The molecule has 4 nitrogen and oxygen atoms in total. The minimum atomic E-state index is -0.504. The van der Waals surface area contributed by atoms with Crippen LogP contribution in [0, 0.1) is 5.92 Å². The number of rotatable bonds is 2. The summed E-state index contributed by atoms with van der Waals surface area (Å²) >= 11 is 15.5. The molecule has 1 aromatic heterocycles. The van der Waals surface area contributed by atoms with Crippen molar-refractivity contribution < 1.29 is 10.2 Å². The average molecular weight is 380 g/mol. The monoisotopic (exact) mass is 378 g/mol. The van der Waals surface area contributed by atoms with Gasteiger partial charge in [-0.2, -0.15) is 0 Å². The molecule has 3 rings (SSSR count). The summed E-state index contributed by atoms with van der Waals surface area (Å²) in [6.45, 7) is 0.0877. The first-order valence-electron chi connectivity index (χ1n) is 6.32. The molecule has 2 aromatic rings. The maximum absolute atomic E-state index is 10.2. The molecule has 1 aromatic carbocycles. The number of aliphatic hydroxyl groups is 2. The number of hydrogen-bond acceptors (Lipinski definition) is 3. The molecule has 0 aliphatic heterocycles. The van der Waals surface area contributed by atoms with E-state index in [1.165, 1.54) is 0 Å². The molecule has 1 saturated carbocycles. The highest BCUT2D eigenvalue weighted by Crippen LogP contribution is 2.40. The molecular formula is C13H13BrCl2N2O2. The second kappa shape index (κ2) is 5.46. The fourth-order valence-electron chi connectivity index (χ4n) is 2.90. The van der Waals surface area contributed by atoms with Crippen LogP contribution in [-0.2, 0) is 0 Å². The van der Waals surface area contributed by atoms with Gasteiger partial charge in [-0.25, -0.2) is 4.98 Å². The van der Waals surface area contributed by atoms with Crippen molar-refractivity contribution in [2.24, 2.45) is 5.92 Å². The first kappa shape index (κ1) is 14.6. The Hall–Kier alpha value is -0.330. The minimum absolute atomic E-state index is 0.0877. The number of benzene rings is 1. The Morgan fingerprint density at radius 1 is 1.30 bits per heavy atom. The molecule has 0 saturated heterocycles. The number of nitrogens with zero attached hydrogens (tertiary/aromatic N) is 2. The summed E-state index contributed by atoms with van der Waals surface area (Å²) in [6, 6.07) is 3.35. The van der Waals surface area contributed by atoms with Gasteiger partial charge in [-0.1, -0.05) is 23.2 Å². The summed E-state index contributed by atoms with van der Waals surface area (Å²) in [5.41, 5.74) is 1.56. The normalized spacial score (nSPS) is 26.6. The Labute approximate surface area is 134 Å². The summed E-state index contributed by atoms with van der Waals surface area (Å²) in [4.78, 5) is 4.41. The van der Waals surface area contributed by atoms with Gasteiger partial charge in [0, 0.05) is 6.61 Å². The van der Waals surface area contributed by atoms with E-state index in [0.29, 0.717) is 27.6 Å². The Balaban J connectivity index is 2.11. The molecular weight excluding hydrogens is 367 g/mol. The number of aromatic nitrogens is 2. The summed E-state index contributed by atoms with van der Waals surface area (Å²) < 4.78 is 2.56. The number of halogens is 3. The zero-order chi connectivity index (χ0) is 14.4. The van der Waals surface area contributed by atoms with Gasteiger partial charge >= 0.3 is 0 Å². The van der Waals surface area contributed by atoms with Crippen molar-refractivity contribution in [3.63, 3.8) is 0 Å². The maximum atomic E-state index is 10.2. The lowest BCUT2D eigenvalue weighted by Crippen LogP contribution is -2.18. The third kappa shape index (κ3) is 2.35. The summed E-state index contributed by atoms with van der Waals surface area (Å²) in [5, 5.41) is 20.4. The van der Waals surface area contributed by atoms with E-state index in [1.54, 1.807) is 12.1 Å². The fourth-order valence-corrected chi connectivity index (χ4v) is 3.86. The Kier molecular flexibility index (Phi) is 3.99. The quantitative estimate of drug-likeness (QED) is 0.840. The average Bonchev–Trinajstić information content (AvgIpc) is 2.90. The van der Waals surface area contributed by atoms with Gasteiger partial charge in [0.25, 0.3) is 0 Å². The van der Waals surface area contributed by atoms with Crippen molar-refractivity contribution in [2.45, 2.75) is 25.0 Å². The molecule has 20 heavy (non-hydrogen) atoms. The molecule has 0 unspecified atom stereocenters. The van der Waals surface area contributed by atoms with Crippen molar-refractivity contribution in [3.8, 4) is 0 Å². The number of hydrogen-bond donors (Lipinski definition) is 2. The van der Waals surface area contributed by atoms with Gasteiger partial charge in [-0.05, 0) is 46.8 Å². The third-order valence-corrected chi connectivity index (χ3v) is 5.15. The maximum Gasteiger partial charge on any atom is 0.178 e. The van der Waals surface area contributed by atoms with Crippen molar-refractivity contribution in [1.29, 1.82) is 0 Å². The van der Waals surface area contributed by atoms with E-state index in [9.17, 15) is 10.2 Å². The second-order valence-electron chi connectivity index (χ2n) is 5.16. The van der Waals surface area contributed by atoms with Gasteiger partial charge < -0.3 is 14.8 Å². The molecule has 1 aliphatic carbocycles. The molecule has 0 spiro atoms.